The summed E-state index contributed by atoms with van der Waals surface area (Å²) in [5.74, 6) is -1.76. The Kier molecular flexibility index (Phi) is 1.22. The van der Waals surface area contributed by atoms with Crippen LogP contribution in [-0.2, 0) is 14.3 Å². The van der Waals surface area contributed by atoms with Crippen LogP contribution in [0, 0.1) is 23.3 Å². The minimum atomic E-state index is -0.461. The van der Waals surface area contributed by atoms with Crippen LogP contribution in [0.5, 0.6) is 0 Å². The summed E-state index contributed by atoms with van der Waals surface area (Å²) in [5, 5.41) is 8.63. The fraction of sp³-hybridized carbons (Fsp3) is 0.444. The van der Waals surface area contributed by atoms with Crippen molar-refractivity contribution in [3.05, 3.63) is 12.2 Å². The largest absolute Gasteiger partial charge is 0.365 e. The van der Waals surface area contributed by atoms with Crippen molar-refractivity contribution in [2.45, 2.75) is 12.2 Å². The molecule has 2 bridgehead atoms. The van der Waals surface area contributed by atoms with Crippen molar-refractivity contribution in [2.75, 3.05) is 0 Å². The number of hydrogen-bond acceptors (Lipinski definition) is 4. The molecule has 70 valence electrons. The molecule has 0 aromatic rings. The summed E-state index contributed by atoms with van der Waals surface area (Å²) in [6.07, 6.45) is 4.58. The van der Waals surface area contributed by atoms with Crippen molar-refractivity contribution in [3.8, 4) is 6.19 Å². The molecule has 3 aliphatic rings. The van der Waals surface area contributed by atoms with Gasteiger partial charge < -0.3 is 4.74 Å². The van der Waals surface area contributed by atoms with Gasteiger partial charge in [0.05, 0.1) is 24.0 Å². The Labute approximate surface area is 79.5 Å². The van der Waals surface area contributed by atoms with E-state index in [0.29, 0.717) is 4.90 Å². The van der Waals surface area contributed by atoms with Gasteiger partial charge in [0.25, 0.3) is 0 Å². The van der Waals surface area contributed by atoms with Gasteiger partial charge in [-0.05, 0) is 0 Å². The topological polar surface area (TPSA) is 70.4 Å². The Balaban J connectivity index is 2.07. The van der Waals surface area contributed by atoms with Crippen molar-refractivity contribution in [2.24, 2.45) is 11.8 Å². The molecule has 0 spiro atoms. The number of nitriles is 1. The number of rotatable bonds is 0. The van der Waals surface area contributed by atoms with Crippen LogP contribution in [0.2, 0.25) is 0 Å². The predicted octanol–water partition coefficient (Wildman–Crippen LogP) is -0.594. The number of hydrogen-bond donors (Lipinski definition) is 0. The average molecular weight is 190 g/mol. The first-order chi connectivity index (χ1) is 6.74. The lowest BCUT2D eigenvalue weighted by atomic mass is 9.85. The minimum Gasteiger partial charge on any atom is -0.365 e. The van der Waals surface area contributed by atoms with Gasteiger partial charge in [-0.25, -0.2) is 0 Å². The molecule has 4 atom stereocenters. The Morgan fingerprint density at radius 1 is 1.21 bits per heavy atom. The van der Waals surface area contributed by atoms with Crippen LogP contribution in [0.1, 0.15) is 0 Å². The van der Waals surface area contributed by atoms with Crippen molar-refractivity contribution in [1.82, 2.24) is 4.90 Å². The third-order valence-electron chi connectivity index (χ3n) is 3.01. The lowest BCUT2D eigenvalue weighted by Gasteiger charge is -2.09. The van der Waals surface area contributed by atoms with Crippen LogP contribution >= 0.6 is 0 Å². The molecule has 2 fully saturated rings. The average Bonchev–Trinajstić information content (AvgIpc) is 2.80. The van der Waals surface area contributed by atoms with E-state index in [4.69, 9.17) is 10.00 Å². The maximum absolute atomic E-state index is 11.6. The molecule has 14 heavy (non-hydrogen) atoms. The molecule has 0 aliphatic carbocycles. The molecule has 0 aromatic carbocycles. The van der Waals surface area contributed by atoms with Crippen LogP contribution in [0.15, 0.2) is 12.2 Å². The van der Waals surface area contributed by atoms with Crippen LogP contribution in [-0.4, -0.2) is 28.9 Å². The zero-order valence-electron chi connectivity index (χ0n) is 7.08. The molecule has 3 rings (SSSR count). The molecule has 3 aliphatic heterocycles. The summed E-state index contributed by atoms with van der Waals surface area (Å²) >= 11 is 0. The Morgan fingerprint density at radius 3 is 2.14 bits per heavy atom. The van der Waals surface area contributed by atoms with Gasteiger partial charge in [0.1, 0.15) is 0 Å². The standard InChI is InChI=1S/C9H6N2O3/c10-3-11-8(12)6-4-1-2-5(14-4)7(6)9(11)13/h1-2,4-7H. The molecular formula is C9H6N2O3. The van der Waals surface area contributed by atoms with Crippen LogP contribution in [0.3, 0.4) is 0 Å². The highest BCUT2D eigenvalue weighted by Crippen LogP contribution is 2.44. The van der Waals surface area contributed by atoms with Crippen molar-refractivity contribution in [3.63, 3.8) is 0 Å². The second-order valence-electron chi connectivity index (χ2n) is 3.61. The zero-order valence-corrected chi connectivity index (χ0v) is 7.08. The Morgan fingerprint density at radius 2 is 1.71 bits per heavy atom. The summed E-state index contributed by atoms with van der Waals surface area (Å²) in [5.41, 5.74) is 0. The van der Waals surface area contributed by atoms with Gasteiger partial charge in [-0.3, -0.25) is 9.59 Å². The van der Waals surface area contributed by atoms with Crippen LogP contribution < -0.4 is 0 Å². The number of likely N-dealkylation sites (tertiary alicyclic amines) is 1. The quantitative estimate of drug-likeness (QED) is 0.290. The number of carbonyl (C=O) groups is 2. The molecule has 5 nitrogen and oxygen atoms in total. The molecule has 2 saturated heterocycles. The zero-order chi connectivity index (χ0) is 9.87. The van der Waals surface area contributed by atoms with E-state index in [1.807, 2.05) is 0 Å². The number of imide groups is 1. The number of amides is 2. The number of carbonyl (C=O) groups excluding carboxylic acids is 2. The normalized spacial score (nSPS) is 43.2. The molecule has 5 heteroatoms. The van der Waals surface area contributed by atoms with E-state index >= 15 is 0 Å². The fourth-order valence-electron chi connectivity index (χ4n) is 2.40. The van der Waals surface area contributed by atoms with E-state index in [1.54, 1.807) is 18.3 Å². The third-order valence-corrected chi connectivity index (χ3v) is 3.01. The maximum atomic E-state index is 11.6. The predicted molar refractivity (Wildman–Crippen MR) is 42.2 cm³/mol. The van der Waals surface area contributed by atoms with Crippen molar-refractivity contribution < 1.29 is 14.3 Å². The Hall–Kier alpha value is -1.67. The number of ether oxygens (including phenoxy) is 1. The summed E-state index contributed by atoms with van der Waals surface area (Å²) in [6.45, 7) is 0. The van der Waals surface area contributed by atoms with E-state index in [9.17, 15) is 9.59 Å². The van der Waals surface area contributed by atoms with Gasteiger partial charge in [0.15, 0.2) is 6.19 Å². The van der Waals surface area contributed by atoms with E-state index < -0.39 is 23.7 Å². The fourth-order valence-corrected chi connectivity index (χ4v) is 2.40. The van der Waals surface area contributed by atoms with Gasteiger partial charge in [-0.2, -0.15) is 10.2 Å². The van der Waals surface area contributed by atoms with Gasteiger partial charge in [-0.15, -0.1) is 0 Å². The molecular weight excluding hydrogens is 184 g/mol. The first kappa shape index (κ1) is 7.71. The molecule has 0 radical (unpaired) electrons. The highest BCUT2D eigenvalue weighted by Gasteiger charge is 2.61. The van der Waals surface area contributed by atoms with E-state index in [2.05, 4.69) is 0 Å². The van der Waals surface area contributed by atoms with Crippen molar-refractivity contribution >= 4 is 11.8 Å². The minimum absolute atomic E-state index is 0.306. The van der Waals surface area contributed by atoms with Crippen LogP contribution in [0.4, 0.5) is 0 Å². The Bertz CT molecular complexity index is 379. The van der Waals surface area contributed by atoms with E-state index in [-0.39, 0.29) is 12.2 Å². The second kappa shape index (κ2) is 2.22. The molecule has 2 amide bonds. The summed E-state index contributed by atoms with van der Waals surface area (Å²) in [7, 11) is 0. The van der Waals surface area contributed by atoms with Crippen LogP contribution in [0.25, 0.3) is 0 Å². The lowest BCUT2D eigenvalue weighted by molar-refractivity contribution is -0.138. The molecule has 3 heterocycles. The number of nitrogens with zero attached hydrogens (tertiary/aromatic N) is 2. The highest BCUT2D eigenvalue weighted by atomic mass is 16.5. The smallest absolute Gasteiger partial charge is 0.249 e. The van der Waals surface area contributed by atoms with E-state index in [0.717, 1.165) is 0 Å². The molecule has 0 aromatic heterocycles. The summed E-state index contributed by atoms with van der Waals surface area (Å²) < 4.78 is 5.38. The lowest BCUT2D eigenvalue weighted by Crippen LogP contribution is -2.30. The monoisotopic (exact) mass is 190 g/mol. The van der Waals surface area contributed by atoms with E-state index in [1.165, 1.54) is 0 Å². The first-order valence-electron chi connectivity index (χ1n) is 4.35. The SMILES string of the molecule is N#CN1C(=O)C2C3C=CC(O3)C2C1=O. The molecule has 4 unspecified atom stereocenters. The highest BCUT2D eigenvalue weighted by molar-refractivity contribution is 6.08. The van der Waals surface area contributed by atoms with Gasteiger partial charge in [0.2, 0.25) is 11.8 Å². The van der Waals surface area contributed by atoms with Gasteiger partial charge >= 0.3 is 0 Å². The molecule has 0 N–H and O–H groups in total. The van der Waals surface area contributed by atoms with Crippen molar-refractivity contribution in [1.29, 1.82) is 5.26 Å². The summed E-state index contributed by atoms with van der Waals surface area (Å²) in [4.78, 5) is 23.8. The van der Waals surface area contributed by atoms with Gasteiger partial charge in [0, 0.05) is 0 Å². The maximum Gasteiger partial charge on any atom is 0.249 e. The van der Waals surface area contributed by atoms with Gasteiger partial charge in [-0.1, -0.05) is 12.2 Å². The second-order valence-corrected chi connectivity index (χ2v) is 3.61. The number of fused-ring (bicyclic) bond motifs is 5. The molecule has 0 saturated carbocycles. The third kappa shape index (κ3) is 0.645. The first-order valence-corrected chi connectivity index (χ1v) is 4.35. The summed E-state index contributed by atoms with van der Waals surface area (Å²) in [6, 6.07) is 0.